The van der Waals surface area contributed by atoms with Crippen LogP contribution in [-0.4, -0.2) is 37.4 Å². The summed E-state index contributed by atoms with van der Waals surface area (Å²) >= 11 is 0. The first-order chi connectivity index (χ1) is 3.81. The molecule has 0 spiro atoms. The first-order valence-corrected chi connectivity index (χ1v) is 2.80. The van der Waals surface area contributed by atoms with Crippen LogP contribution in [0.25, 0.3) is 0 Å². The highest BCUT2D eigenvalue weighted by atomic mass is 16.3. The van der Waals surface area contributed by atoms with Crippen LogP contribution in [0.5, 0.6) is 0 Å². The molecule has 0 aliphatic rings. The molecule has 0 saturated carbocycles. The van der Waals surface area contributed by atoms with E-state index in [0.29, 0.717) is 0 Å². The van der Waals surface area contributed by atoms with Gasteiger partial charge in [-0.1, -0.05) is 0 Å². The highest BCUT2D eigenvalue weighted by Crippen LogP contribution is 1.77. The van der Waals surface area contributed by atoms with Gasteiger partial charge in [-0.2, -0.15) is 0 Å². The van der Waals surface area contributed by atoms with Gasteiger partial charge < -0.3 is 5.11 Å². The lowest BCUT2D eigenvalue weighted by Gasteiger charge is -2.12. The van der Waals surface area contributed by atoms with Crippen LogP contribution in [0.2, 0.25) is 0 Å². The molecular weight excluding hydrogens is 104 g/mol. The molecule has 0 aliphatic heterocycles. The maximum Gasteiger partial charge on any atom is 0.0443 e. The molecule has 3 heteroatoms. The number of rotatable bonds is 4. The van der Waals surface area contributed by atoms with Gasteiger partial charge in [0.15, 0.2) is 0 Å². The topological polar surface area (TPSA) is 35.5 Å². The second-order valence-corrected chi connectivity index (χ2v) is 1.72. The van der Waals surface area contributed by atoms with E-state index < -0.39 is 0 Å². The third-order valence-electron chi connectivity index (χ3n) is 1.03. The van der Waals surface area contributed by atoms with Gasteiger partial charge in [-0.05, 0) is 13.5 Å². The van der Waals surface area contributed by atoms with Crippen LogP contribution in [0, 0.1) is 0 Å². The molecule has 0 unspecified atom stereocenters. The smallest absolute Gasteiger partial charge is 0.0443 e. The molecule has 0 amide bonds. The number of hydrogen-bond acceptors (Lipinski definition) is 3. The Morgan fingerprint density at radius 2 is 2.25 bits per heavy atom. The van der Waals surface area contributed by atoms with E-state index in [1.165, 1.54) is 0 Å². The molecule has 0 atom stereocenters. The van der Waals surface area contributed by atoms with Gasteiger partial charge in [0, 0.05) is 20.2 Å². The molecule has 50 valence electrons. The minimum absolute atomic E-state index is 0.270. The van der Waals surface area contributed by atoms with Crippen LogP contribution in [-0.2, 0) is 0 Å². The summed E-state index contributed by atoms with van der Waals surface area (Å²) in [6.45, 7) is 1.17. The molecule has 0 bridgehead atoms. The number of nitrogens with one attached hydrogen (secondary N) is 1. The molecule has 0 aromatic heterocycles. The molecule has 0 saturated heterocycles. The molecular formula is C5H14N2O. The van der Waals surface area contributed by atoms with Gasteiger partial charge in [-0.25, -0.2) is 5.01 Å². The van der Waals surface area contributed by atoms with Gasteiger partial charge in [-0.3, -0.25) is 5.43 Å². The number of aliphatic hydroxyl groups is 1. The molecule has 0 aromatic carbocycles. The standard InChI is InChI=1S/C5H14N2O/c1-6-7(2)4-3-5-8/h6,8H,3-5H2,1-2H3. The van der Waals surface area contributed by atoms with Gasteiger partial charge in [0.2, 0.25) is 0 Å². The summed E-state index contributed by atoms with van der Waals surface area (Å²) in [4.78, 5) is 0. The van der Waals surface area contributed by atoms with Crippen molar-refractivity contribution in [2.45, 2.75) is 6.42 Å². The highest BCUT2D eigenvalue weighted by molar-refractivity contribution is 4.39. The minimum atomic E-state index is 0.270. The summed E-state index contributed by atoms with van der Waals surface area (Å²) in [7, 11) is 3.80. The van der Waals surface area contributed by atoms with E-state index in [0.717, 1.165) is 13.0 Å². The molecule has 2 N–H and O–H groups in total. The van der Waals surface area contributed by atoms with Crippen LogP contribution >= 0.6 is 0 Å². The highest BCUT2D eigenvalue weighted by Gasteiger charge is 1.89. The van der Waals surface area contributed by atoms with Crippen LogP contribution in [0.15, 0.2) is 0 Å². The van der Waals surface area contributed by atoms with E-state index in [2.05, 4.69) is 5.43 Å². The predicted octanol–water partition coefficient (Wildman–Crippen LogP) is -0.565. The van der Waals surface area contributed by atoms with Crippen molar-refractivity contribution in [1.29, 1.82) is 0 Å². The van der Waals surface area contributed by atoms with E-state index in [1.807, 2.05) is 19.1 Å². The van der Waals surface area contributed by atoms with Crippen molar-refractivity contribution in [3.05, 3.63) is 0 Å². The molecule has 0 aromatic rings. The second kappa shape index (κ2) is 5.03. The second-order valence-electron chi connectivity index (χ2n) is 1.72. The van der Waals surface area contributed by atoms with Crippen molar-refractivity contribution in [3.8, 4) is 0 Å². The van der Waals surface area contributed by atoms with Crippen molar-refractivity contribution >= 4 is 0 Å². The van der Waals surface area contributed by atoms with Gasteiger partial charge in [0.05, 0.1) is 0 Å². The van der Waals surface area contributed by atoms with Crippen molar-refractivity contribution in [2.24, 2.45) is 0 Å². The summed E-state index contributed by atoms with van der Waals surface area (Å²) in [6.07, 6.45) is 0.831. The molecule has 0 rings (SSSR count). The fourth-order valence-corrected chi connectivity index (χ4v) is 0.420. The lowest BCUT2D eigenvalue weighted by atomic mass is 10.4. The number of hydrazine groups is 1. The van der Waals surface area contributed by atoms with E-state index >= 15 is 0 Å². The monoisotopic (exact) mass is 118 g/mol. The fourth-order valence-electron chi connectivity index (χ4n) is 0.420. The Hall–Kier alpha value is -0.120. The molecule has 0 aliphatic carbocycles. The Morgan fingerprint density at radius 1 is 1.62 bits per heavy atom. The van der Waals surface area contributed by atoms with Crippen LogP contribution in [0.3, 0.4) is 0 Å². The average Bonchev–Trinajstić information content (AvgIpc) is 1.83. The Labute approximate surface area is 50.3 Å². The van der Waals surface area contributed by atoms with Gasteiger partial charge in [0.1, 0.15) is 0 Å². The van der Waals surface area contributed by atoms with Crippen molar-refractivity contribution in [3.63, 3.8) is 0 Å². The summed E-state index contributed by atoms with van der Waals surface area (Å²) in [5.74, 6) is 0. The zero-order valence-electron chi connectivity index (χ0n) is 5.52. The minimum Gasteiger partial charge on any atom is -0.396 e. The number of nitrogens with zero attached hydrogens (tertiary/aromatic N) is 1. The molecule has 8 heavy (non-hydrogen) atoms. The Kier molecular flexibility index (Phi) is 4.95. The van der Waals surface area contributed by atoms with E-state index in [9.17, 15) is 0 Å². The van der Waals surface area contributed by atoms with Gasteiger partial charge >= 0.3 is 0 Å². The maximum absolute atomic E-state index is 8.36. The lowest BCUT2D eigenvalue weighted by Crippen LogP contribution is -2.31. The maximum atomic E-state index is 8.36. The van der Waals surface area contributed by atoms with E-state index in [1.54, 1.807) is 0 Å². The largest absolute Gasteiger partial charge is 0.396 e. The SMILES string of the molecule is CNN(C)CCCO. The van der Waals surface area contributed by atoms with Crippen molar-refractivity contribution in [2.75, 3.05) is 27.2 Å². The molecule has 3 nitrogen and oxygen atoms in total. The summed E-state index contributed by atoms with van der Waals surface area (Å²) in [6, 6.07) is 0. The lowest BCUT2D eigenvalue weighted by molar-refractivity contribution is 0.215. The average molecular weight is 118 g/mol. The van der Waals surface area contributed by atoms with Gasteiger partial charge in [0.25, 0.3) is 0 Å². The van der Waals surface area contributed by atoms with E-state index in [-0.39, 0.29) is 6.61 Å². The number of hydrogen-bond donors (Lipinski definition) is 2. The zero-order valence-corrected chi connectivity index (χ0v) is 5.52. The zero-order chi connectivity index (χ0) is 6.41. The number of aliphatic hydroxyl groups excluding tert-OH is 1. The molecule has 0 radical (unpaired) electrons. The van der Waals surface area contributed by atoms with Crippen LogP contribution < -0.4 is 5.43 Å². The molecule has 0 heterocycles. The summed E-state index contributed by atoms with van der Waals surface area (Å²) < 4.78 is 0. The normalized spacial score (nSPS) is 10.5. The quantitative estimate of drug-likeness (QED) is 0.485. The first-order valence-electron chi connectivity index (χ1n) is 2.80. The van der Waals surface area contributed by atoms with Crippen LogP contribution in [0.4, 0.5) is 0 Å². The molecule has 0 fully saturated rings. The van der Waals surface area contributed by atoms with Gasteiger partial charge in [-0.15, -0.1) is 0 Å². The van der Waals surface area contributed by atoms with Crippen molar-refractivity contribution in [1.82, 2.24) is 10.4 Å². The Balaban J connectivity index is 2.86. The Bertz CT molecular complexity index is 49.7. The van der Waals surface area contributed by atoms with E-state index in [4.69, 9.17) is 5.11 Å². The third-order valence-corrected chi connectivity index (χ3v) is 1.03. The third kappa shape index (κ3) is 4.05. The summed E-state index contributed by atoms with van der Waals surface area (Å²) in [5, 5.41) is 10.3. The van der Waals surface area contributed by atoms with Crippen molar-refractivity contribution < 1.29 is 5.11 Å². The van der Waals surface area contributed by atoms with Crippen LogP contribution in [0.1, 0.15) is 6.42 Å². The Morgan fingerprint density at radius 3 is 2.62 bits per heavy atom. The first kappa shape index (κ1) is 7.88. The fraction of sp³-hybridized carbons (Fsp3) is 1.00. The summed E-state index contributed by atoms with van der Waals surface area (Å²) in [5.41, 5.74) is 2.92. The predicted molar refractivity (Wildman–Crippen MR) is 33.4 cm³/mol.